The van der Waals surface area contributed by atoms with Crippen molar-refractivity contribution in [1.82, 2.24) is 15.6 Å². The van der Waals surface area contributed by atoms with Gasteiger partial charge in [0.25, 0.3) is 5.91 Å². The molecule has 3 rings (SSSR count). The smallest absolute Gasteiger partial charge is 0.250 e. The zero-order valence-electron chi connectivity index (χ0n) is 15.4. The minimum absolute atomic E-state index is 0.209. The van der Waals surface area contributed by atoms with Crippen LogP contribution >= 0.6 is 46.5 Å². The van der Waals surface area contributed by atoms with Crippen LogP contribution in [0.4, 0.5) is 0 Å². The Labute approximate surface area is 186 Å². The third-order valence-corrected chi connectivity index (χ3v) is 7.00. The summed E-state index contributed by atoms with van der Waals surface area (Å²) in [6.45, 7) is 0. The Balaban J connectivity index is 1.41. The number of hydrogen-bond acceptors (Lipinski definition) is 8. The number of halogens is 1. The lowest BCUT2D eigenvalue weighted by molar-refractivity contribution is -0.118. The predicted molar refractivity (Wildman–Crippen MR) is 120 cm³/mol. The van der Waals surface area contributed by atoms with E-state index < -0.39 is 0 Å². The van der Waals surface area contributed by atoms with Crippen LogP contribution in [0.2, 0.25) is 5.02 Å². The Morgan fingerprint density at radius 3 is 2.72 bits per heavy atom. The molecule has 150 valence electrons. The predicted octanol–water partition coefficient (Wildman–Crippen LogP) is 4.73. The van der Waals surface area contributed by atoms with E-state index in [-0.39, 0.29) is 11.7 Å². The van der Waals surface area contributed by atoms with Crippen LogP contribution in [0, 0.1) is 0 Å². The number of thioether (sulfide) groups is 2. The van der Waals surface area contributed by atoms with Crippen molar-refractivity contribution in [3.05, 3.63) is 64.7 Å². The molecular weight excluding hydrogens is 448 g/mol. The quantitative estimate of drug-likeness (QED) is 0.280. The second kappa shape index (κ2) is 11.2. The van der Waals surface area contributed by atoms with Crippen molar-refractivity contribution in [2.24, 2.45) is 5.10 Å². The van der Waals surface area contributed by atoms with E-state index in [4.69, 9.17) is 16.3 Å². The van der Waals surface area contributed by atoms with Crippen LogP contribution < -0.4 is 10.2 Å². The molecule has 6 nitrogen and oxygen atoms in total. The number of amides is 1. The Kier molecular flexibility index (Phi) is 8.36. The maximum Gasteiger partial charge on any atom is 0.250 e. The first-order valence-corrected chi connectivity index (χ1v) is 11.6. The summed E-state index contributed by atoms with van der Waals surface area (Å²) in [6.07, 6.45) is 1.57. The van der Waals surface area contributed by atoms with Crippen LogP contribution in [-0.4, -0.2) is 35.2 Å². The van der Waals surface area contributed by atoms with Crippen LogP contribution in [0.25, 0.3) is 0 Å². The molecule has 0 atom stereocenters. The monoisotopic (exact) mass is 464 g/mol. The molecule has 1 N–H and O–H groups in total. The minimum atomic E-state index is -0.209. The van der Waals surface area contributed by atoms with Gasteiger partial charge in [-0.15, -0.1) is 10.2 Å². The number of nitrogens with one attached hydrogen (secondary N) is 1. The highest BCUT2D eigenvalue weighted by Crippen LogP contribution is 2.30. The molecule has 0 saturated carbocycles. The maximum absolute atomic E-state index is 11.9. The standard InChI is InChI=1S/C19H17ClN4O2S3/c1-26-16-4-2-3-14(9-16)10-21-22-17(25)12-28-19-24-23-18(29-19)27-11-13-5-7-15(20)8-6-13/h2-10H,11-12H2,1H3,(H,22,25)/b21-10+. The summed E-state index contributed by atoms with van der Waals surface area (Å²) in [5, 5.41) is 13.0. The maximum atomic E-state index is 11.9. The minimum Gasteiger partial charge on any atom is -0.497 e. The molecule has 0 spiro atoms. The number of carbonyl (C=O) groups excluding carboxylic acids is 1. The van der Waals surface area contributed by atoms with Gasteiger partial charge in [-0.1, -0.05) is 70.7 Å². The van der Waals surface area contributed by atoms with E-state index in [2.05, 4.69) is 20.7 Å². The summed E-state index contributed by atoms with van der Waals surface area (Å²) in [5.41, 5.74) is 4.51. The number of hydrogen-bond donors (Lipinski definition) is 1. The summed E-state index contributed by atoms with van der Waals surface area (Å²) in [5.74, 6) is 1.53. The summed E-state index contributed by atoms with van der Waals surface area (Å²) in [7, 11) is 1.60. The number of hydrazone groups is 1. The summed E-state index contributed by atoms with van der Waals surface area (Å²) < 4.78 is 6.75. The van der Waals surface area contributed by atoms with E-state index >= 15 is 0 Å². The summed E-state index contributed by atoms with van der Waals surface area (Å²) in [4.78, 5) is 11.9. The fraction of sp³-hybridized carbons (Fsp3) is 0.158. The van der Waals surface area contributed by atoms with Crippen LogP contribution in [0.15, 0.2) is 62.3 Å². The highest BCUT2D eigenvalue weighted by molar-refractivity contribution is 8.03. The van der Waals surface area contributed by atoms with Crippen molar-refractivity contribution >= 4 is 58.6 Å². The number of benzene rings is 2. The van der Waals surface area contributed by atoms with E-state index in [1.165, 1.54) is 23.1 Å². The zero-order chi connectivity index (χ0) is 20.5. The van der Waals surface area contributed by atoms with E-state index in [0.717, 1.165) is 36.3 Å². The summed E-state index contributed by atoms with van der Waals surface area (Å²) >= 11 is 10.3. The van der Waals surface area contributed by atoms with E-state index in [0.29, 0.717) is 0 Å². The van der Waals surface area contributed by atoms with Gasteiger partial charge in [-0.05, 0) is 35.4 Å². The van der Waals surface area contributed by atoms with Crippen LogP contribution in [-0.2, 0) is 10.5 Å². The van der Waals surface area contributed by atoms with Crippen LogP contribution in [0.3, 0.4) is 0 Å². The van der Waals surface area contributed by atoms with Crippen molar-refractivity contribution in [2.45, 2.75) is 14.4 Å². The Hall–Kier alpha value is -2.07. The summed E-state index contributed by atoms with van der Waals surface area (Å²) in [6, 6.07) is 15.1. The largest absolute Gasteiger partial charge is 0.497 e. The Morgan fingerprint density at radius 2 is 1.97 bits per heavy atom. The van der Waals surface area contributed by atoms with Gasteiger partial charge in [0.1, 0.15) is 5.75 Å². The average molecular weight is 465 g/mol. The molecule has 3 aromatic rings. The van der Waals surface area contributed by atoms with Crippen molar-refractivity contribution in [3.8, 4) is 5.75 Å². The number of methoxy groups -OCH3 is 1. The average Bonchev–Trinajstić information content (AvgIpc) is 3.20. The topological polar surface area (TPSA) is 76.5 Å². The van der Waals surface area contributed by atoms with Crippen LogP contribution in [0.1, 0.15) is 11.1 Å². The fourth-order valence-corrected chi connectivity index (χ4v) is 4.99. The molecule has 1 heterocycles. The molecule has 1 aromatic heterocycles. The molecule has 0 aliphatic carbocycles. The molecule has 0 saturated heterocycles. The molecule has 2 aromatic carbocycles. The highest BCUT2D eigenvalue weighted by Gasteiger charge is 2.08. The fourth-order valence-electron chi connectivity index (χ4n) is 2.10. The van der Waals surface area contributed by atoms with E-state index in [1.54, 1.807) is 25.1 Å². The van der Waals surface area contributed by atoms with Gasteiger partial charge < -0.3 is 4.74 Å². The Morgan fingerprint density at radius 1 is 1.21 bits per heavy atom. The van der Waals surface area contributed by atoms with Gasteiger partial charge in [0.2, 0.25) is 0 Å². The molecule has 0 radical (unpaired) electrons. The number of aromatic nitrogens is 2. The molecule has 0 aliphatic heterocycles. The molecule has 10 heteroatoms. The zero-order valence-corrected chi connectivity index (χ0v) is 18.6. The van der Waals surface area contributed by atoms with Gasteiger partial charge >= 0.3 is 0 Å². The first-order chi connectivity index (χ1) is 14.1. The number of carbonyl (C=O) groups is 1. The van der Waals surface area contributed by atoms with E-state index in [1.807, 2.05) is 48.5 Å². The lowest BCUT2D eigenvalue weighted by Crippen LogP contribution is -2.19. The van der Waals surface area contributed by atoms with Gasteiger partial charge in [-0.25, -0.2) is 5.43 Å². The first-order valence-electron chi connectivity index (χ1n) is 8.42. The molecule has 1 amide bonds. The molecule has 0 bridgehead atoms. The lowest BCUT2D eigenvalue weighted by Gasteiger charge is -2.00. The molecular formula is C19H17ClN4O2S3. The third kappa shape index (κ3) is 7.36. The van der Waals surface area contributed by atoms with Crippen molar-refractivity contribution < 1.29 is 9.53 Å². The highest BCUT2D eigenvalue weighted by atomic mass is 35.5. The SMILES string of the molecule is COc1cccc(/C=N/NC(=O)CSc2nnc(SCc3ccc(Cl)cc3)s2)c1. The van der Waals surface area contributed by atoms with Crippen LogP contribution in [0.5, 0.6) is 5.75 Å². The molecule has 29 heavy (non-hydrogen) atoms. The second-order valence-corrected chi connectivity index (χ2v) is 9.47. The lowest BCUT2D eigenvalue weighted by atomic mass is 10.2. The van der Waals surface area contributed by atoms with Gasteiger partial charge in [0.15, 0.2) is 8.68 Å². The number of ether oxygens (including phenoxy) is 1. The van der Waals surface area contributed by atoms with Gasteiger partial charge in [-0.2, -0.15) is 5.10 Å². The third-order valence-electron chi connectivity index (χ3n) is 3.49. The Bertz CT molecular complexity index is 980. The van der Waals surface area contributed by atoms with E-state index in [9.17, 15) is 4.79 Å². The van der Waals surface area contributed by atoms with Crippen molar-refractivity contribution in [2.75, 3.05) is 12.9 Å². The number of nitrogens with zero attached hydrogens (tertiary/aromatic N) is 3. The van der Waals surface area contributed by atoms with Crippen molar-refractivity contribution in [1.29, 1.82) is 0 Å². The van der Waals surface area contributed by atoms with Gasteiger partial charge in [-0.3, -0.25) is 4.79 Å². The first kappa shape index (κ1) is 21.6. The molecule has 0 fully saturated rings. The van der Waals surface area contributed by atoms with Gasteiger partial charge in [0.05, 0.1) is 19.1 Å². The molecule has 0 unspecified atom stereocenters. The van der Waals surface area contributed by atoms with Gasteiger partial charge in [0, 0.05) is 10.8 Å². The normalized spacial score (nSPS) is 11.0. The number of rotatable bonds is 9. The van der Waals surface area contributed by atoms with Crippen molar-refractivity contribution in [3.63, 3.8) is 0 Å². The second-order valence-electron chi connectivity index (χ2n) is 5.61. The molecule has 0 aliphatic rings.